The average Bonchev–Trinajstić information content (AvgIpc) is 2.79. The maximum absolute atomic E-state index is 10.9. The monoisotopic (exact) mass is 354 g/mol. The highest BCUT2D eigenvalue weighted by Crippen LogP contribution is 2.33. The van der Waals surface area contributed by atoms with Crippen LogP contribution in [0.3, 0.4) is 0 Å². The number of nitrogens with one attached hydrogen (secondary N) is 1. The maximum atomic E-state index is 10.9. The van der Waals surface area contributed by atoms with Crippen molar-refractivity contribution in [2.45, 2.75) is 26.8 Å². The molecule has 0 aliphatic carbocycles. The minimum absolute atomic E-state index is 0.127. The summed E-state index contributed by atoms with van der Waals surface area (Å²) in [4.78, 5) is 13.0. The molecule has 1 heterocycles. The summed E-state index contributed by atoms with van der Waals surface area (Å²) in [6.07, 6.45) is 0. The van der Waals surface area contributed by atoms with Gasteiger partial charge in [-0.15, -0.1) is 11.3 Å². The second-order valence-electron chi connectivity index (χ2n) is 4.69. The standard InChI is InChI=1S/C14H15BrN2O2S/c1-8-6-12(11(15)7-13(8)17(18)19)16-10(3)14-5-4-9(2)20-14/h4-7,10,16H,1-3H3. The van der Waals surface area contributed by atoms with Crippen LogP contribution in [0.1, 0.15) is 28.3 Å². The molecule has 0 spiro atoms. The molecule has 0 saturated carbocycles. The van der Waals surface area contributed by atoms with Gasteiger partial charge >= 0.3 is 0 Å². The Morgan fingerprint density at radius 2 is 2.05 bits per heavy atom. The van der Waals surface area contributed by atoms with Crippen LogP contribution in [-0.4, -0.2) is 4.92 Å². The lowest BCUT2D eigenvalue weighted by molar-refractivity contribution is -0.385. The zero-order valence-corrected chi connectivity index (χ0v) is 13.8. The van der Waals surface area contributed by atoms with Gasteiger partial charge in [0.2, 0.25) is 0 Å². The predicted octanol–water partition coefficient (Wildman–Crippen LogP) is 5.21. The lowest BCUT2D eigenvalue weighted by Gasteiger charge is -2.15. The smallest absolute Gasteiger partial charge is 0.273 e. The van der Waals surface area contributed by atoms with Crippen LogP contribution in [0.5, 0.6) is 0 Å². The van der Waals surface area contributed by atoms with E-state index in [4.69, 9.17) is 0 Å². The van der Waals surface area contributed by atoms with Crippen molar-refractivity contribution in [3.05, 3.63) is 54.2 Å². The molecule has 2 aromatic rings. The van der Waals surface area contributed by atoms with Crippen LogP contribution in [0, 0.1) is 24.0 Å². The maximum Gasteiger partial charge on any atom is 0.273 e. The van der Waals surface area contributed by atoms with E-state index in [2.05, 4.69) is 47.2 Å². The predicted molar refractivity (Wildman–Crippen MR) is 86.6 cm³/mol. The Balaban J connectivity index is 2.25. The topological polar surface area (TPSA) is 55.2 Å². The first-order chi connectivity index (χ1) is 9.38. The van der Waals surface area contributed by atoms with Crippen LogP contribution in [-0.2, 0) is 0 Å². The lowest BCUT2D eigenvalue weighted by atomic mass is 10.1. The van der Waals surface area contributed by atoms with E-state index in [0.717, 1.165) is 5.69 Å². The van der Waals surface area contributed by atoms with E-state index in [1.165, 1.54) is 9.75 Å². The summed E-state index contributed by atoms with van der Waals surface area (Å²) in [5.74, 6) is 0. The van der Waals surface area contributed by atoms with Crippen molar-refractivity contribution in [2.24, 2.45) is 0 Å². The molecule has 0 fully saturated rings. The van der Waals surface area contributed by atoms with Crippen LogP contribution < -0.4 is 5.32 Å². The highest BCUT2D eigenvalue weighted by Gasteiger charge is 2.16. The number of nitro benzene ring substituents is 1. The van der Waals surface area contributed by atoms with Crippen molar-refractivity contribution in [1.29, 1.82) is 0 Å². The Morgan fingerprint density at radius 3 is 2.60 bits per heavy atom. The fourth-order valence-electron chi connectivity index (χ4n) is 1.97. The van der Waals surface area contributed by atoms with Crippen molar-refractivity contribution >= 4 is 38.6 Å². The molecule has 0 aliphatic heterocycles. The largest absolute Gasteiger partial charge is 0.377 e. The Hall–Kier alpha value is -1.40. The lowest BCUT2D eigenvalue weighted by Crippen LogP contribution is -2.06. The molecule has 0 radical (unpaired) electrons. The quantitative estimate of drug-likeness (QED) is 0.605. The van der Waals surface area contributed by atoms with Crippen molar-refractivity contribution in [2.75, 3.05) is 5.32 Å². The van der Waals surface area contributed by atoms with Gasteiger partial charge in [0.05, 0.1) is 11.0 Å². The number of aryl methyl sites for hydroxylation is 2. The van der Waals surface area contributed by atoms with Crippen molar-refractivity contribution in [3.8, 4) is 0 Å². The second-order valence-corrected chi connectivity index (χ2v) is 6.86. The molecule has 0 saturated heterocycles. The molecule has 0 amide bonds. The number of rotatable bonds is 4. The van der Waals surface area contributed by atoms with Gasteiger partial charge in [-0.1, -0.05) is 0 Å². The first-order valence-electron chi connectivity index (χ1n) is 6.16. The normalized spacial score (nSPS) is 12.2. The van der Waals surface area contributed by atoms with Gasteiger partial charge in [-0.05, 0) is 54.9 Å². The van der Waals surface area contributed by atoms with Crippen molar-refractivity contribution < 1.29 is 4.92 Å². The van der Waals surface area contributed by atoms with E-state index in [1.807, 2.05) is 0 Å². The van der Waals surface area contributed by atoms with E-state index < -0.39 is 0 Å². The molecule has 2 rings (SSSR count). The summed E-state index contributed by atoms with van der Waals surface area (Å²) in [5.41, 5.74) is 1.64. The van der Waals surface area contributed by atoms with E-state index in [-0.39, 0.29) is 16.7 Å². The van der Waals surface area contributed by atoms with Crippen LogP contribution in [0.2, 0.25) is 0 Å². The SMILES string of the molecule is Cc1ccc(C(C)Nc2cc(C)c([N+](=O)[O-])cc2Br)s1. The highest BCUT2D eigenvalue weighted by atomic mass is 79.9. The van der Waals surface area contributed by atoms with Crippen LogP contribution >= 0.6 is 27.3 Å². The van der Waals surface area contributed by atoms with Gasteiger partial charge in [-0.3, -0.25) is 10.1 Å². The molecule has 1 atom stereocenters. The molecule has 4 nitrogen and oxygen atoms in total. The van der Waals surface area contributed by atoms with Gasteiger partial charge in [-0.25, -0.2) is 0 Å². The van der Waals surface area contributed by atoms with Crippen LogP contribution in [0.25, 0.3) is 0 Å². The molecule has 0 bridgehead atoms. The Kier molecular flexibility index (Phi) is 4.45. The molecular weight excluding hydrogens is 340 g/mol. The van der Waals surface area contributed by atoms with Gasteiger partial charge in [0.25, 0.3) is 5.69 Å². The highest BCUT2D eigenvalue weighted by molar-refractivity contribution is 9.10. The van der Waals surface area contributed by atoms with Gasteiger partial charge in [0.15, 0.2) is 0 Å². The molecule has 1 unspecified atom stereocenters. The first-order valence-corrected chi connectivity index (χ1v) is 7.77. The Bertz CT molecular complexity index is 655. The van der Waals surface area contributed by atoms with Crippen LogP contribution in [0.4, 0.5) is 11.4 Å². The summed E-state index contributed by atoms with van der Waals surface area (Å²) in [6.45, 7) is 5.90. The third kappa shape index (κ3) is 3.19. The van der Waals surface area contributed by atoms with E-state index >= 15 is 0 Å². The summed E-state index contributed by atoms with van der Waals surface area (Å²) in [6, 6.07) is 7.70. The summed E-state index contributed by atoms with van der Waals surface area (Å²) in [7, 11) is 0. The molecule has 6 heteroatoms. The number of benzene rings is 1. The molecule has 106 valence electrons. The fraction of sp³-hybridized carbons (Fsp3) is 0.286. The van der Waals surface area contributed by atoms with Gasteiger partial charge in [0.1, 0.15) is 0 Å². The average molecular weight is 355 g/mol. The van der Waals surface area contributed by atoms with Gasteiger partial charge in [0, 0.05) is 31.5 Å². The van der Waals surface area contributed by atoms with Crippen molar-refractivity contribution in [3.63, 3.8) is 0 Å². The molecule has 1 aromatic heterocycles. The van der Waals surface area contributed by atoms with Gasteiger partial charge in [-0.2, -0.15) is 0 Å². The molecule has 1 N–H and O–H groups in total. The third-order valence-electron chi connectivity index (χ3n) is 3.04. The van der Waals surface area contributed by atoms with Crippen LogP contribution in [0.15, 0.2) is 28.7 Å². The number of hydrogen-bond donors (Lipinski definition) is 1. The first kappa shape index (κ1) is 15.0. The zero-order chi connectivity index (χ0) is 14.9. The Morgan fingerprint density at radius 1 is 1.35 bits per heavy atom. The zero-order valence-electron chi connectivity index (χ0n) is 11.4. The second kappa shape index (κ2) is 5.93. The van der Waals surface area contributed by atoms with Gasteiger partial charge < -0.3 is 5.32 Å². The summed E-state index contributed by atoms with van der Waals surface area (Å²) >= 11 is 5.14. The fourth-order valence-corrected chi connectivity index (χ4v) is 3.29. The molecular formula is C14H15BrN2O2S. The molecule has 1 aromatic carbocycles. The number of nitro groups is 1. The minimum atomic E-state index is -0.365. The minimum Gasteiger partial charge on any atom is -0.377 e. The number of anilines is 1. The summed E-state index contributed by atoms with van der Waals surface area (Å²) in [5, 5.41) is 14.3. The third-order valence-corrected chi connectivity index (χ3v) is 4.88. The molecule has 20 heavy (non-hydrogen) atoms. The number of thiophene rings is 1. The number of hydrogen-bond acceptors (Lipinski definition) is 4. The number of nitrogens with zero attached hydrogens (tertiary/aromatic N) is 1. The van der Waals surface area contributed by atoms with E-state index in [9.17, 15) is 10.1 Å². The van der Waals surface area contributed by atoms with Crippen molar-refractivity contribution in [1.82, 2.24) is 0 Å². The van der Waals surface area contributed by atoms with E-state index in [0.29, 0.717) is 10.0 Å². The number of halogens is 1. The summed E-state index contributed by atoms with van der Waals surface area (Å²) < 4.78 is 0.704. The molecule has 0 aliphatic rings. The Labute approximate surface area is 130 Å². The van der Waals surface area contributed by atoms with E-state index in [1.54, 1.807) is 30.4 Å².